The van der Waals surface area contributed by atoms with E-state index in [0.717, 1.165) is 69.0 Å². The lowest BCUT2D eigenvalue weighted by Gasteiger charge is -2.57. The molecule has 7 atom stereocenters. The monoisotopic (exact) mass is 344 g/mol. The van der Waals surface area contributed by atoms with E-state index in [9.17, 15) is 5.11 Å². The van der Waals surface area contributed by atoms with E-state index >= 15 is 0 Å². The number of hydrogen-bond acceptors (Lipinski definition) is 3. The molecule has 0 aromatic carbocycles. The summed E-state index contributed by atoms with van der Waals surface area (Å²) in [5.74, 6) is 6.36. The SMILES string of the molecule is C#C[C@]1(O)CC[C@H]2[C@@H]3CC[C@H]4CC5(CC[C@@H]4[C@H]3CC[C@@]21C)OCCO5. The normalized spacial score (nSPS) is 53.7. The second-order valence-corrected chi connectivity index (χ2v) is 9.79. The van der Waals surface area contributed by atoms with Gasteiger partial charge in [-0.1, -0.05) is 12.8 Å². The van der Waals surface area contributed by atoms with Gasteiger partial charge in [0.25, 0.3) is 0 Å². The Balaban J connectivity index is 1.37. The smallest absolute Gasteiger partial charge is 0.168 e. The number of hydrogen-bond donors (Lipinski definition) is 1. The van der Waals surface area contributed by atoms with Crippen LogP contribution in [0, 0.1) is 47.3 Å². The average Bonchev–Trinajstić information content (AvgIpc) is 3.18. The fraction of sp³-hybridized carbons (Fsp3) is 0.909. The van der Waals surface area contributed by atoms with Crippen molar-refractivity contribution in [3.63, 3.8) is 0 Å². The molecule has 1 aliphatic heterocycles. The van der Waals surface area contributed by atoms with Crippen molar-refractivity contribution >= 4 is 0 Å². The summed E-state index contributed by atoms with van der Waals surface area (Å²) >= 11 is 0. The van der Waals surface area contributed by atoms with Gasteiger partial charge in [-0.25, -0.2) is 0 Å². The van der Waals surface area contributed by atoms with Gasteiger partial charge in [-0.2, -0.15) is 0 Å². The standard InChI is InChI=1S/C22H32O3/c1-3-21(23)10-8-19-18-5-4-15-14-22(24-12-13-25-22)11-7-16(15)17(18)6-9-20(19,21)2/h1,15-19,23H,4-14H2,2H3/t15-,16-,17+,18+,19-,20-,21-/m0/s1. The van der Waals surface area contributed by atoms with Gasteiger partial charge in [0.1, 0.15) is 5.60 Å². The second-order valence-electron chi connectivity index (χ2n) is 9.79. The first kappa shape index (κ1) is 16.6. The average molecular weight is 344 g/mol. The molecule has 0 aromatic rings. The summed E-state index contributed by atoms with van der Waals surface area (Å²) < 4.78 is 12.0. The Labute approximate surface area is 151 Å². The Morgan fingerprint density at radius 3 is 2.44 bits per heavy atom. The summed E-state index contributed by atoms with van der Waals surface area (Å²) in [7, 11) is 0. The lowest BCUT2D eigenvalue weighted by atomic mass is 9.49. The van der Waals surface area contributed by atoms with Crippen molar-refractivity contribution < 1.29 is 14.6 Å². The van der Waals surface area contributed by atoms with Crippen molar-refractivity contribution in [3.8, 4) is 12.3 Å². The van der Waals surface area contributed by atoms with Crippen molar-refractivity contribution in [1.82, 2.24) is 0 Å². The number of rotatable bonds is 0. The molecule has 0 radical (unpaired) electrons. The van der Waals surface area contributed by atoms with Crippen LogP contribution < -0.4 is 0 Å². The third kappa shape index (κ3) is 2.17. The van der Waals surface area contributed by atoms with Crippen molar-refractivity contribution in [2.75, 3.05) is 13.2 Å². The zero-order valence-electron chi connectivity index (χ0n) is 15.5. The molecule has 4 saturated carbocycles. The lowest BCUT2D eigenvalue weighted by molar-refractivity contribution is -0.210. The molecule has 3 nitrogen and oxygen atoms in total. The second kappa shape index (κ2) is 5.47. The molecule has 5 rings (SSSR count). The molecule has 5 aliphatic rings. The molecule has 1 spiro atoms. The van der Waals surface area contributed by atoms with E-state index in [1.165, 1.54) is 25.7 Å². The molecule has 3 heteroatoms. The molecule has 1 saturated heterocycles. The van der Waals surface area contributed by atoms with Gasteiger partial charge in [0.2, 0.25) is 0 Å². The fourth-order valence-corrected chi connectivity index (χ4v) is 7.84. The van der Waals surface area contributed by atoms with Crippen LogP contribution >= 0.6 is 0 Å². The predicted molar refractivity (Wildman–Crippen MR) is 95.5 cm³/mol. The Morgan fingerprint density at radius 1 is 0.920 bits per heavy atom. The van der Waals surface area contributed by atoms with E-state index in [-0.39, 0.29) is 11.2 Å². The first-order valence-corrected chi connectivity index (χ1v) is 10.5. The van der Waals surface area contributed by atoms with Gasteiger partial charge in [0, 0.05) is 18.3 Å². The molecule has 1 heterocycles. The summed E-state index contributed by atoms with van der Waals surface area (Å²) in [5, 5.41) is 11.0. The highest BCUT2D eigenvalue weighted by molar-refractivity contribution is 5.23. The highest BCUT2D eigenvalue weighted by atomic mass is 16.7. The van der Waals surface area contributed by atoms with E-state index < -0.39 is 5.60 Å². The zero-order chi connectivity index (χ0) is 17.3. The molecular weight excluding hydrogens is 312 g/mol. The van der Waals surface area contributed by atoms with Gasteiger partial charge in [0.15, 0.2) is 5.79 Å². The zero-order valence-corrected chi connectivity index (χ0v) is 15.5. The van der Waals surface area contributed by atoms with Gasteiger partial charge in [-0.05, 0) is 74.5 Å². The van der Waals surface area contributed by atoms with E-state index in [1.54, 1.807) is 0 Å². The van der Waals surface area contributed by atoms with Crippen molar-refractivity contribution in [2.24, 2.45) is 35.0 Å². The van der Waals surface area contributed by atoms with E-state index in [2.05, 4.69) is 12.8 Å². The van der Waals surface area contributed by atoms with Crippen LogP contribution in [-0.2, 0) is 9.47 Å². The molecule has 5 fully saturated rings. The summed E-state index contributed by atoms with van der Waals surface area (Å²) in [4.78, 5) is 0. The summed E-state index contributed by atoms with van der Waals surface area (Å²) in [5.41, 5.74) is -0.940. The van der Waals surface area contributed by atoms with Crippen LogP contribution in [0.5, 0.6) is 0 Å². The minimum atomic E-state index is -0.873. The minimum Gasteiger partial charge on any atom is -0.377 e. The lowest BCUT2D eigenvalue weighted by Crippen LogP contribution is -2.54. The predicted octanol–water partition coefficient (Wildman–Crippen LogP) is 3.75. The van der Waals surface area contributed by atoms with Crippen LogP contribution in [0.3, 0.4) is 0 Å². The number of aliphatic hydroxyl groups is 1. The first-order chi connectivity index (χ1) is 12.0. The van der Waals surface area contributed by atoms with Gasteiger partial charge < -0.3 is 14.6 Å². The van der Waals surface area contributed by atoms with Gasteiger partial charge in [-0.3, -0.25) is 0 Å². The van der Waals surface area contributed by atoms with E-state index in [4.69, 9.17) is 15.9 Å². The van der Waals surface area contributed by atoms with Crippen molar-refractivity contribution in [1.29, 1.82) is 0 Å². The van der Waals surface area contributed by atoms with Crippen molar-refractivity contribution in [3.05, 3.63) is 0 Å². The molecule has 0 bridgehead atoms. The molecule has 0 aromatic heterocycles. The summed E-state index contributed by atoms with van der Waals surface area (Å²) in [6.45, 7) is 3.83. The number of terminal acetylenes is 1. The molecule has 4 aliphatic carbocycles. The Kier molecular flexibility index (Phi) is 3.63. The minimum absolute atomic E-state index is 0.0662. The van der Waals surface area contributed by atoms with Crippen LogP contribution in [0.4, 0.5) is 0 Å². The first-order valence-electron chi connectivity index (χ1n) is 10.5. The Bertz CT molecular complexity index is 589. The number of ether oxygens (including phenoxy) is 2. The van der Waals surface area contributed by atoms with Crippen LogP contribution in [0.1, 0.15) is 64.7 Å². The maximum atomic E-state index is 11.0. The topological polar surface area (TPSA) is 38.7 Å². The summed E-state index contributed by atoms with van der Waals surface area (Å²) in [6.07, 6.45) is 16.1. The molecule has 0 amide bonds. The Hall–Kier alpha value is -0.560. The molecular formula is C22H32O3. The van der Waals surface area contributed by atoms with Crippen molar-refractivity contribution in [2.45, 2.75) is 76.1 Å². The van der Waals surface area contributed by atoms with Crippen LogP contribution in [0.15, 0.2) is 0 Å². The maximum absolute atomic E-state index is 11.0. The van der Waals surface area contributed by atoms with Crippen LogP contribution in [-0.4, -0.2) is 29.7 Å². The van der Waals surface area contributed by atoms with Gasteiger partial charge >= 0.3 is 0 Å². The molecule has 138 valence electrons. The van der Waals surface area contributed by atoms with Crippen LogP contribution in [0.2, 0.25) is 0 Å². The highest BCUT2D eigenvalue weighted by Gasteiger charge is 2.63. The summed E-state index contributed by atoms with van der Waals surface area (Å²) in [6, 6.07) is 0. The third-order valence-electron chi connectivity index (χ3n) is 9.15. The Morgan fingerprint density at radius 2 is 1.68 bits per heavy atom. The highest BCUT2D eigenvalue weighted by Crippen LogP contribution is 2.65. The third-order valence-corrected chi connectivity index (χ3v) is 9.15. The van der Waals surface area contributed by atoms with E-state index in [1.807, 2.05) is 0 Å². The van der Waals surface area contributed by atoms with Gasteiger partial charge in [-0.15, -0.1) is 6.42 Å². The van der Waals surface area contributed by atoms with Crippen LogP contribution in [0.25, 0.3) is 0 Å². The quantitative estimate of drug-likeness (QED) is 0.680. The number of fused-ring (bicyclic) bond motifs is 5. The van der Waals surface area contributed by atoms with Gasteiger partial charge in [0.05, 0.1) is 13.2 Å². The maximum Gasteiger partial charge on any atom is 0.168 e. The fourth-order valence-electron chi connectivity index (χ4n) is 7.84. The van der Waals surface area contributed by atoms with E-state index in [0.29, 0.717) is 5.92 Å². The largest absolute Gasteiger partial charge is 0.377 e. The molecule has 25 heavy (non-hydrogen) atoms. The molecule has 1 N–H and O–H groups in total. The molecule has 0 unspecified atom stereocenters.